The number of aryl methyl sites for hydroxylation is 2. The van der Waals surface area contributed by atoms with Gasteiger partial charge in [0, 0.05) is 34.9 Å². The summed E-state index contributed by atoms with van der Waals surface area (Å²) in [5.41, 5.74) is 4.93. The van der Waals surface area contributed by atoms with E-state index >= 15 is 0 Å². The molecule has 1 aromatic carbocycles. The molecule has 1 aliphatic rings. The molecule has 0 aliphatic heterocycles. The Bertz CT molecular complexity index is 918. The van der Waals surface area contributed by atoms with E-state index in [2.05, 4.69) is 30.8 Å². The number of carbonyl (C=O) groups is 1. The normalized spacial score (nSPS) is 16.0. The number of amides is 2. The Morgan fingerprint density at radius 1 is 1.23 bits per heavy atom. The maximum absolute atomic E-state index is 12.3. The summed E-state index contributed by atoms with van der Waals surface area (Å²) in [7, 11) is 0. The lowest BCUT2D eigenvalue weighted by atomic mass is 9.94. The molecule has 0 spiro atoms. The summed E-state index contributed by atoms with van der Waals surface area (Å²) in [4.78, 5) is 20.9. The fraction of sp³-hybridized carbons (Fsp3) is 0.263. The van der Waals surface area contributed by atoms with Crippen molar-refractivity contribution in [2.24, 2.45) is 0 Å². The maximum Gasteiger partial charge on any atom is 0.319 e. The van der Waals surface area contributed by atoms with Crippen LogP contribution in [0.1, 0.15) is 23.4 Å². The van der Waals surface area contributed by atoms with Gasteiger partial charge in [-0.2, -0.15) is 5.10 Å². The van der Waals surface area contributed by atoms with Crippen LogP contribution in [0.5, 0.6) is 0 Å². The molecule has 2 aromatic heterocycles. The summed E-state index contributed by atoms with van der Waals surface area (Å²) in [6.07, 6.45) is 6.21. The van der Waals surface area contributed by atoms with Gasteiger partial charge in [-0.1, -0.05) is 0 Å². The summed E-state index contributed by atoms with van der Waals surface area (Å²) < 4.78 is 0. The molecule has 0 bridgehead atoms. The molecule has 0 fully saturated rings. The Kier molecular flexibility index (Phi) is 4.35. The number of H-pyrrole nitrogens is 1. The molecule has 1 atom stereocenters. The summed E-state index contributed by atoms with van der Waals surface area (Å²) in [6, 6.07) is 9.32. The summed E-state index contributed by atoms with van der Waals surface area (Å²) in [5, 5.41) is 13.0. The Morgan fingerprint density at radius 2 is 2.08 bits per heavy atom. The first kappa shape index (κ1) is 16.3. The van der Waals surface area contributed by atoms with Gasteiger partial charge in [-0.3, -0.25) is 5.10 Å². The minimum absolute atomic E-state index is 0.125. The van der Waals surface area contributed by atoms with Gasteiger partial charge in [-0.15, -0.1) is 0 Å². The molecule has 0 saturated carbocycles. The van der Waals surface area contributed by atoms with Crippen molar-refractivity contribution in [3.63, 3.8) is 0 Å². The second-order valence-electron chi connectivity index (χ2n) is 6.51. The lowest BCUT2D eigenvalue weighted by molar-refractivity contribution is 0.247. The van der Waals surface area contributed by atoms with E-state index in [-0.39, 0.29) is 12.1 Å². The first-order valence-corrected chi connectivity index (χ1v) is 8.66. The van der Waals surface area contributed by atoms with Gasteiger partial charge in [0.2, 0.25) is 0 Å². The van der Waals surface area contributed by atoms with E-state index in [1.165, 1.54) is 11.3 Å². The second-order valence-corrected chi connectivity index (χ2v) is 6.51. The molecule has 0 radical (unpaired) electrons. The van der Waals surface area contributed by atoms with Crippen LogP contribution in [0.15, 0.2) is 42.7 Å². The van der Waals surface area contributed by atoms with Gasteiger partial charge < -0.3 is 10.6 Å². The predicted molar refractivity (Wildman–Crippen MR) is 98.8 cm³/mol. The summed E-state index contributed by atoms with van der Waals surface area (Å²) >= 11 is 0. The zero-order valence-corrected chi connectivity index (χ0v) is 14.5. The van der Waals surface area contributed by atoms with Gasteiger partial charge in [-0.05, 0) is 62.1 Å². The molecule has 2 amide bonds. The Morgan fingerprint density at radius 3 is 2.88 bits per heavy atom. The van der Waals surface area contributed by atoms with Crippen LogP contribution in [0.3, 0.4) is 0 Å². The number of hydrogen-bond acceptors (Lipinski definition) is 4. The molecule has 7 heteroatoms. The number of nitrogens with one attached hydrogen (secondary N) is 3. The molecule has 7 nitrogen and oxygen atoms in total. The van der Waals surface area contributed by atoms with E-state index in [4.69, 9.17) is 0 Å². The highest BCUT2D eigenvalue weighted by Gasteiger charge is 2.21. The summed E-state index contributed by atoms with van der Waals surface area (Å²) in [6.45, 7) is 1.93. The van der Waals surface area contributed by atoms with Crippen LogP contribution in [0, 0.1) is 6.92 Å². The van der Waals surface area contributed by atoms with Crippen molar-refractivity contribution in [3.8, 4) is 11.4 Å². The van der Waals surface area contributed by atoms with Crippen molar-refractivity contribution >= 4 is 11.7 Å². The highest BCUT2D eigenvalue weighted by Crippen LogP contribution is 2.20. The van der Waals surface area contributed by atoms with Crippen LogP contribution in [0.4, 0.5) is 10.5 Å². The van der Waals surface area contributed by atoms with Crippen LogP contribution in [0.25, 0.3) is 11.4 Å². The number of carbonyl (C=O) groups excluding carboxylic acids is 1. The van der Waals surface area contributed by atoms with E-state index < -0.39 is 0 Å². The predicted octanol–water partition coefficient (Wildman–Crippen LogP) is 2.85. The Labute approximate surface area is 151 Å². The number of nitrogens with zero attached hydrogens (tertiary/aromatic N) is 3. The maximum atomic E-state index is 12.3. The number of hydrogen-bond donors (Lipinski definition) is 3. The van der Waals surface area contributed by atoms with Gasteiger partial charge in [0.25, 0.3) is 0 Å². The zero-order valence-electron chi connectivity index (χ0n) is 14.5. The van der Waals surface area contributed by atoms with Crippen molar-refractivity contribution in [1.82, 2.24) is 25.5 Å². The number of aromatic amines is 1. The Balaban J connectivity index is 1.36. The van der Waals surface area contributed by atoms with Crippen molar-refractivity contribution in [1.29, 1.82) is 0 Å². The van der Waals surface area contributed by atoms with E-state index in [1.807, 2.05) is 43.5 Å². The van der Waals surface area contributed by atoms with Gasteiger partial charge in [0.1, 0.15) is 0 Å². The number of fused-ring (bicyclic) bond motifs is 1. The molecule has 132 valence electrons. The fourth-order valence-electron chi connectivity index (χ4n) is 3.18. The summed E-state index contributed by atoms with van der Waals surface area (Å²) in [5.74, 6) is 0.680. The van der Waals surface area contributed by atoms with Crippen LogP contribution >= 0.6 is 0 Å². The van der Waals surface area contributed by atoms with Gasteiger partial charge in [0.15, 0.2) is 5.82 Å². The second kappa shape index (κ2) is 6.95. The number of rotatable bonds is 3. The molecule has 4 rings (SSSR count). The van der Waals surface area contributed by atoms with Crippen molar-refractivity contribution in [2.75, 3.05) is 5.32 Å². The minimum atomic E-state index is -0.193. The first-order valence-electron chi connectivity index (χ1n) is 8.66. The number of aromatic nitrogens is 4. The molecule has 0 unspecified atom stereocenters. The van der Waals surface area contributed by atoms with E-state index in [1.54, 1.807) is 6.20 Å². The fourth-order valence-corrected chi connectivity index (χ4v) is 3.18. The zero-order chi connectivity index (χ0) is 17.9. The minimum Gasteiger partial charge on any atom is -0.335 e. The standard InChI is InChI=1S/C19H20N6O/c1-12-8-9-20-18(22-12)13-2-4-15(5-3-13)23-19(26)24-16-6-7-17-14(10-16)11-21-25-17/h2-5,8-9,11,16H,6-7,10H2,1H3,(H,21,25)(H2,23,24,26)/t16-/m0/s1. The number of anilines is 1. The molecular weight excluding hydrogens is 328 g/mol. The van der Waals surface area contributed by atoms with E-state index in [9.17, 15) is 4.79 Å². The van der Waals surface area contributed by atoms with Crippen LogP contribution < -0.4 is 10.6 Å². The van der Waals surface area contributed by atoms with E-state index in [0.29, 0.717) is 5.82 Å². The number of urea groups is 1. The third kappa shape index (κ3) is 3.56. The average molecular weight is 348 g/mol. The highest BCUT2D eigenvalue weighted by molar-refractivity contribution is 5.89. The van der Waals surface area contributed by atoms with Gasteiger partial charge in [-0.25, -0.2) is 14.8 Å². The van der Waals surface area contributed by atoms with Crippen LogP contribution in [-0.2, 0) is 12.8 Å². The Hall–Kier alpha value is -3.22. The lowest BCUT2D eigenvalue weighted by Crippen LogP contribution is -2.41. The van der Waals surface area contributed by atoms with E-state index in [0.717, 1.165) is 36.2 Å². The SMILES string of the molecule is Cc1ccnc(-c2ccc(NC(=O)N[C@H]3CCc4[nH]ncc4C3)cc2)n1. The largest absolute Gasteiger partial charge is 0.335 e. The molecular formula is C19H20N6O. The molecule has 26 heavy (non-hydrogen) atoms. The molecule has 3 N–H and O–H groups in total. The molecule has 2 heterocycles. The molecule has 1 aliphatic carbocycles. The van der Waals surface area contributed by atoms with Gasteiger partial charge in [0.05, 0.1) is 6.20 Å². The van der Waals surface area contributed by atoms with Gasteiger partial charge >= 0.3 is 6.03 Å². The first-order chi connectivity index (χ1) is 12.7. The smallest absolute Gasteiger partial charge is 0.319 e. The van der Waals surface area contributed by atoms with Crippen LogP contribution in [-0.4, -0.2) is 32.2 Å². The lowest BCUT2D eigenvalue weighted by Gasteiger charge is -2.23. The quantitative estimate of drug-likeness (QED) is 0.678. The van der Waals surface area contributed by atoms with Crippen molar-refractivity contribution in [3.05, 3.63) is 59.7 Å². The topological polar surface area (TPSA) is 95.6 Å². The molecule has 0 saturated heterocycles. The number of benzene rings is 1. The van der Waals surface area contributed by atoms with Crippen molar-refractivity contribution in [2.45, 2.75) is 32.2 Å². The molecule has 3 aromatic rings. The monoisotopic (exact) mass is 348 g/mol. The van der Waals surface area contributed by atoms with Crippen LogP contribution in [0.2, 0.25) is 0 Å². The van der Waals surface area contributed by atoms with Crippen molar-refractivity contribution < 1.29 is 4.79 Å². The third-order valence-corrected chi connectivity index (χ3v) is 4.55. The third-order valence-electron chi connectivity index (χ3n) is 4.55. The highest BCUT2D eigenvalue weighted by atomic mass is 16.2. The average Bonchev–Trinajstić information content (AvgIpc) is 3.10.